The van der Waals surface area contributed by atoms with Gasteiger partial charge in [0.2, 0.25) is 0 Å². The van der Waals surface area contributed by atoms with E-state index in [1.165, 1.54) is 5.56 Å². The Kier molecular flexibility index (Phi) is 7.41. The van der Waals surface area contributed by atoms with Crippen molar-refractivity contribution in [3.8, 4) is 5.75 Å². The van der Waals surface area contributed by atoms with Crippen LogP contribution >= 0.6 is 0 Å². The lowest BCUT2D eigenvalue weighted by Gasteiger charge is -2.12. The summed E-state index contributed by atoms with van der Waals surface area (Å²) in [6, 6.07) is 26.8. The van der Waals surface area contributed by atoms with E-state index in [2.05, 4.69) is 22.8 Å². The van der Waals surface area contributed by atoms with Gasteiger partial charge in [-0.3, -0.25) is 9.59 Å². The number of rotatable bonds is 9. The van der Waals surface area contributed by atoms with E-state index >= 15 is 0 Å². The highest BCUT2D eigenvalue weighted by Crippen LogP contribution is 2.21. The van der Waals surface area contributed by atoms with Crippen molar-refractivity contribution in [2.24, 2.45) is 0 Å². The fraction of sp³-hybridized carbons (Fsp3) is 0.167. The summed E-state index contributed by atoms with van der Waals surface area (Å²) in [5, 5.41) is 5.52. The number of carbonyl (C=O) groups excluding carboxylic acids is 2. The van der Waals surface area contributed by atoms with Gasteiger partial charge in [0.05, 0.1) is 0 Å². The van der Waals surface area contributed by atoms with Crippen molar-refractivity contribution in [1.29, 1.82) is 0 Å². The highest BCUT2D eigenvalue weighted by Gasteiger charge is 2.08. The molecule has 5 heteroatoms. The fourth-order valence-electron chi connectivity index (χ4n) is 2.87. The van der Waals surface area contributed by atoms with Gasteiger partial charge >= 0.3 is 0 Å². The molecule has 29 heavy (non-hydrogen) atoms. The molecule has 0 atom stereocenters. The largest absolute Gasteiger partial charge is 0.483 e. The second-order valence-corrected chi connectivity index (χ2v) is 6.53. The predicted molar refractivity (Wildman–Crippen MR) is 113 cm³/mol. The zero-order valence-corrected chi connectivity index (χ0v) is 16.1. The van der Waals surface area contributed by atoms with E-state index in [4.69, 9.17) is 4.74 Å². The zero-order valence-electron chi connectivity index (χ0n) is 16.1. The maximum absolute atomic E-state index is 12.1. The molecule has 3 aromatic rings. The third-order valence-corrected chi connectivity index (χ3v) is 4.34. The second kappa shape index (κ2) is 10.7. The van der Waals surface area contributed by atoms with Gasteiger partial charge in [0.25, 0.3) is 11.8 Å². The Hall–Kier alpha value is -3.60. The van der Waals surface area contributed by atoms with Crippen LogP contribution in [0.15, 0.2) is 84.9 Å². The van der Waals surface area contributed by atoms with Crippen LogP contribution in [0.3, 0.4) is 0 Å². The Bertz CT molecular complexity index is 927. The molecular weight excluding hydrogens is 364 g/mol. The quantitative estimate of drug-likeness (QED) is 0.553. The van der Waals surface area contributed by atoms with Crippen molar-refractivity contribution < 1.29 is 14.3 Å². The molecule has 2 N–H and O–H groups in total. The molecule has 0 saturated carbocycles. The van der Waals surface area contributed by atoms with Gasteiger partial charge in [-0.2, -0.15) is 0 Å². The molecular formula is C24H24N2O3. The highest BCUT2D eigenvalue weighted by molar-refractivity contribution is 5.94. The number of amides is 2. The molecule has 0 aliphatic rings. The summed E-state index contributed by atoms with van der Waals surface area (Å²) >= 11 is 0. The van der Waals surface area contributed by atoms with Crippen LogP contribution in [0, 0.1) is 0 Å². The number of hydrogen-bond acceptors (Lipinski definition) is 3. The van der Waals surface area contributed by atoms with Crippen molar-refractivity contribution >= 4 is 11.8 Å². The number of para-hydroxylation sites is 1. The molecule has 148 valence electrons. The molecule has 0 aliphatic heterocycles. The Balaban J connectivity index is 1.41. The minimum Gasteiger partial charge on any atom is -0.483 e. The van der Waals surface area contributed by atoms with Crippen LogP contribution in [0.5, 0.6) is 5.75 Å². The number of nitrogens with one attached hydrogen (secondary N) is 2. The van der Waals surface area contributed by atoms with E-state index in [1.54, 1.807) is 12.1 Å². The van der Waals surface area contributed by atoms with E-state index in [0.717, 1.165) is 12.0 Å². The van der Waals surface area contributed by atoms with Gasteiger partial charge in [0.15, 0.2) is 6.61 Å². The number of benzene rings is 3. The molecule has 0 aromatic heterocycles. The maximum atomic E-state index is 12.1. The first-order valence-electron chi connectivity index (χ1n) is 9.57. The molecule has 5 nitrogen and oxygen atoms in total. The van der Waals surface area contributed by atoms with Crippen molar-refractivity contribution in [1.82, 2.24) is 10.6 Å². The van der Waals surface area contributed by atoms with Gasteiger partial charge in [0.1, 0.15) is 5.75 Å². The average Bonchev–Trinajstić information content (AvgIpc) is 2.77. The van der Waals surface area contributed by atoms with Gasteiger partial charge in [-0.1, -0.05) is 66.7 Å². The van der Waals surface area contributed by atoms with E-state index in [9.17, 15) is 9.59 Å². The predicted octanol–water partition coefficient (Wildman–Crippen LogP) is 3.20. The zero-order chi connectivity index (χ0) is 20.3. The van der Waals surface area contributed by atoms with Crippen LogP contribution in [-0.4, -0.2) is 31.5 Å². The molecule has 0 saturated heterocycles. The van der Waals surface area contributed by atoms with Crippen LogP contribution < -0.4 is 15.4 Å². The number of carbonyl (C=O) groups is 2. The maximum Gasteiger partial charge on any atom is 0.258 e. The number of ether oxygens (including phenoxy) is 1. The third kappa shape index (κ3) is 6.50. The van der Waals surface area contributed by atoms with Gasteiger partial charge in [-0.25, -0.2) is 0 Å². The van der Waals surface area contributed by atoms with Crippen LogP contribution in [0.2, 0.25) is 0 Å². The first-order valence-corrected chi connectivity index (χ1v) is 9.57. The molecule has 0 bridgehead atoms. The lowest BCUT2D eigenvalue weighted by atomic mass is 10.0. The molecule has 2 amide bonds. The van der Waals surface area contributed by atoms with E-state index < -0.39 is 0 Å². The average molecular weight is 388 g/mol. The lowest BCUT2D eigenvalue weighted by molar-refractivity contribution is -0.123. The van der Waals surface area contributed by atoms with E-state index in [0.29, 0.717) is 24.4 Å². The summed E-state index contributed by atoms with van der Waals surface area (Å²) in [6.45, 7) is 0.620. The van der Waals surface area contributed by atoms with Crippen LogP contribution in [-0.2, 0) is 11.2 Å². The molecule has 0 heterocycles. The molecule has 0 unspecified atom stereocenters. The number of hydrogen-bond donors (Lipinski definition) is 2. The molecule has 0 radical (unpaired) electrons. The molecule has 0 fully saturated rings. The Morgan fingerprint density at radius 1 is 0.724 bits per heavy atom. The SMILES string of the molecule is O=C(COc1ccccc1Cc1ccccc1)NCCNC(=O)c1ccccc1. The standard InChI is InChI=1S/C24H24N2O3/c27-23(25-15-16-26-24(28)20-11-5-2-6-12-20)18-29-22-14-8-7-13-21(22)17-19-9-3-1-4-10-19/h1-14H,15-18H2,(H,25,27)(H,26,28). The van der Waals surface area contributed by atoms with E-state index in [-0.39, 0.29) is 18.4 Å². The topological polar surface area (TPSA) is 67.4 Å². The second-order valence-electron chi connectivity index (χ2n) is 6.53. The molecule has 3 aromatic carbocycles. The summed E-state index contributed by atoms with van der Waals surface area (Å²) in [5.41, 5.74) is 2.81. The molecule has 3 rings (SSSR count). The summed E-state index contributed by atoms with van der Waals surface area (Å²) in [5.74, 6) is 0.309. The minimum atomic E-state index is -0.228. The lowest BCUT2D eigenvalue weighted by Crippen LogP contribution is -2.36. The summed E-state index contributed by atoms with van der Waals surface area (Å²) in [7, 11) is 0. The Morgan fingerprint density at radius 3 is 2.10 bits per heavy atom. The third-order valence-electron chi connectivity index (χ3n) is 4.34. The van der Waals surface area contributed by atoms with Crippen molar-refractivity contribution in [3.05, 3.63) is 102 Å². The van der Waals surface area contributed by atoms with Crippen molar-refractivity contribution in [2.75, 3.05) is 19.7 Å². The summed E-state index contributed by atoms with van der Waals surface area (Å²) < 4.78 is 5.72. The van der Waals surface area contributed by atoms with Crippen LogP contribution in [0.4, 0.5) is 0 Å². The monoisotopic (exact) mass is 388 g/mol. The van der Waals surface area contributed by atoms with Gasteiger partial charge in [-0.05, 0) is 29.3 Å². The highest BCUT2D eigenvalue weighted by atomic mass is 16.5. The molecule has 0 spiro atoms. The van der Waals surface area contributed by atoms with Crippen molar-refractivity contribution in [2.45, 2.75) is 6.42 Å². The van der Waals surface area contributed by atoms with Crippen LogP contribution in [0.1, 0.15) is 21.5 Å². The first-order chi connectivity index (χ1) is 14.2. The summed E-state index contributed by atoms with van der Waals surface area (Å²) in [6.07, 6.45) is 0.740. The Labute approximate surface area is 170 Å². The smallest absolute Gasteiger partial charge is 0.258 e. The van der Waals surface area contributed by atoms with Gasteiger partial charge in [0, 0.05) is 25.1 Å². The van der Waals surface area contributed by atoms with E-state index in [1.807, 2.05) is 60.7 Å². The molecule has 0 aliphatic carbocycles. The van der Waals surface area contributed by atoms with Crippen LogP contribution in [0.25, 0.3) is 0 Å². The summed E-state index contributed by atoms with van der Waals surface area (Å²) in [4.78, 5) is 24.0. The minimum absolute atomic E-state index is 0.0710. The van der Waals surface area contributed by atoms with Crippen molar-refractivity contribution in [3.63, 3.8) is 0 Å². The normalized spacial score (nSPS) is 10.2. The first kappa shape index (κ1) is 20.1. The van der Waals surface area contributed by atoms with Gasteiger partial charge in [-0.15, -0.1) is 0 Å². The van der Waals surface area contributed by atoms with Gasteiger partial charge < -0.3 is 15.4 Å². The fourth-order valence-corrected chi connectivity index (χ4v) is 2.87. The Morgan fingerprint density at radius 2 is 1.34 bits per heavy atom.